The fourth-order valence-corrected chi connectivity index (χ4v) is 3.56. The number of pyridine rings is 1. The first-order chi connectivity index (χ1) is 15.6. The number of para-hydroxylation sites is 1. The Labute approximate surface area is 190 Å². The molecule has 1 heterocycles. The van der Waals surface area contributed by atoms with Crippen molar-refractivity contribution in [2.45, 2.75) is 13.5 Å². The van der Waals surface area contributed by atoms with E-state index >= 15 is 0 Å². The Morgan fingerprint density at radius 3 is 2.34 bits per heavy atom. The minimum Gasteiger partial charge on any atom is -0.462 e. The molecule has 0 radical (unpaired) electrons. The van der Waals surface area contributed by atoms with Crippen LogP contribution in [0, 0.1) is 0 Å². The molecule has 0 amide bonds. The van der Waals surface area contributed by atoms with E-state index in [0.29, 0.717) is 39.4 Å². The molecule has 0 saturated heterocycles. The van der Waals surface area contributed by atoms with E-state index in [4.69, 9.17) is 21.1 Å². The Bertz CT molecular complexity index is 1280. The molecule has 5 nitrogen and oxygen atoms in total. The molecule has 0 aliphatic heterocycles. The molecular formula is C26H20ClNO4. The number of esters is 2. The zero-order chi connectivity index (χ0) is 22.5. The monoisotopic (exact) mass is 445 g/mol. The first-order valence-electron chi connectivity index (χ1n) is 10.1. The van der Waals surface area contributed by atoms with Gasteiger partial charge < -0.3 is 9.47 Å². The van der Waals surface area contributed by atoms with Gasteiger partial charge in [-0.05, 0) is 42.8 Å². The van der Waals surface area contributed by atoms with Gasteiger partial charge in [-0.1, -0.05) is 60.1 Å². The summed E-state index contributed by atoms with van der Waals surface area (Å²) in [6.45, 7) is 2.14. The van der Waals surface area contributed by atoms with Gasteiger partial charge in [0, 0.05) is 16.0 Å². The maximum Gasteiger partial charge on any atom is 0.339 e. The van der Waals surface area contributed by atoms with Crippen molar-refractivity contribution in [2.75, 3.05) is 6.61 Å². The van der Waals surface area contributed by atoms with E-state index in [9.17, 15) is 9.59 Å². The summed E-state index contributed by atoms with van der Waals surface area (Å²) < 4.78 is 10.6. The number of hydrogen-bond donors (Lipinski definition) is 0. The van der Waals surface area contributed by atoms with E-state index in [0.717, 1.165) is 11.1 Å². The van der Waals surface area contributed by atoms with E-state index in [2.05, 4.69) is 4.98 Å². The summed E-state index contributed by atoms with van der Waals surface area (Å²) in [6.07, 6.45) is 0. The summed E-state index contributed by atoms with van der Waals surface area (Å²) in [5.41, 5.74) is 3.63. The molecule has 0 aliphatic carbocycles. The normalized spacial score (nSPS) is 10.7. The van der Waals surface area contributed by atoms with E-state index in [1.165, 1.54) is 0 Å². The third kappa shape index (κ3) is 4.63. The highest BCUT2D eigenvalue weighted by Gasteiger charge is 2.16. The number of rotatable bonds is 6. The van der Waals surface area contributed by atoms with Crippen LogP contribution in [0.1, 0.15) is 33.2 Å². The van der Waals surface area contributed by atoms with E-state index in [-0.39, 0.29) is 12.6 Å². The van der Waals surface area contributed by atoms with Crippen molar-refractivity contribution in [2.24, 2.45) is 0 Å². The molecule has 0 bridgehead atoms. The largest absolute Gasteiger partial charge is 0.462 e. The highest BCUT2D eigenvalue weighted by atomic mass is 35.5. The van der Waals surface area contributed by atoms with Gasteiger partial charge >= 0.3 is 11.9 Å². The lowest BCUT2D eigenvalue weighted by Crippen LogP contribution is -2.08. The van der Waals surface area contributed by atoms with Gasteiger partial charge in [-0.2, -0.15) is 0 Å². The smallest absolute Gasteiger partial charge is 0.339 e. The van der Waals surface area contributed by atoms with Crippen molar-refractivity contribution < 1.29 is 19.1 Å². The summed E-state index contributed by atoms with van der Waals surface area (Å²) in [5.74, 6) is -0.849. The van der Waals surface area contributed by atoms with Gasteiger partial charge in [0.15, 0.2) is 0 Å². The fraction of sp³-hybridized carbons (Fsp3) is 0.115. The summed E-state index contributed by atoms with van der Waals surface area (Å²) >= 11 is 6.35. The highest BCUT2D eigenvalue weighted by Crippen LogP contribution is 2.30. The highest BCUT2D eigenvalue weighted by molar-refractivity contribution is 6.33. The lowest BCUT2D eigenvalue weighted by molar-refractivity contribution is 0.0471. The zero-order valence-corrected chi connectivity index (χ0v) is 18.1. The minimum absolute atomic E-state index is 0.0695. The average Bonchev–Trinajstić information content (AvgIpc) is 2.82. The first-order valence-corrected chi connectivity index (χ1v) is 10.5. The van der Waals surface area contributed by atoms with Crippen molar-refractivity contribution >= 4 is 34.4 Å². The molecule has 0 fully saturated rings. The third-order valence-electron chi connectivity index (χ3n) is 4.92. The molecule has 1 aromatic heterocycles. The van der Waals surface area contributed by atoms with Gasteiger partial charge in [0.05, 0.1) is 28.9 Å². The van der Waals surface area contributed by atoms with Crippen molar-refractivity contribution in [1.29, 1.82) is 0 Å². The Morgan fingerprint density at radius 1 is 0.875 bits per heavy atom. The van der Waals surface area contributed by atoms with Crippen LogP contribution >= 0.6 is 11.6 Å². The molecule has 0 aliphatic rings. The first kappa shape index (κ1) is 21.5. The second-order valence-electron chi connectivity index (χ2n) is 7.05. The Balaban J connectivity index is 1.59. The number of carbonyl (C=O) groups is 2. The van der Waals surface area contributed by atoms with Crippen molar-refractivity contribution in [3.05, 3.63) is 101 Å². The second-order valence-corrected chi connectivity index (χ2v) is 7.45. The number of hydrogen-bond acceptors (Lipinski definition) is 5. The van der Waals surface area contributed by atoms with Gasteiger partial charge in [0.2, 0.25) is 0 Å². The molecule has 0 saturated carbocycles. The van der Waals surface area contributed by atoms with Crippen molar-refractivity contribution in [3.63, 3.8) is 0 Å². The molecule has 160 valence electrons. The summed E-state index contributed by atoms with van der Waals surface area (Å²) in [7, 11) is 0. The second kappa shape index (κ2) is 9.62. The molecule has 3 aromatic carbocycles. The Morgan fingerprint density at radius 2 is 1.59 bits per heavy atom. The molecule has 0 atom stereocenters. The van der Waals surface area contributed by atoms with Crippen LogP contribution in [-0.2, 0) is 16.1 Å². The van der Waals surface area contributed by atoms with Crippen LogP contribution in [0.5, 0.6) is 0 Å². The van der Waals surface area contributed by atoms with Gasteiger partial charge in [0.25, 0.3) is 0 Å². The van der Waals surface area contributed by atoms with Crippen LogP contribution in [0.3, 0.4) is 0 Å². The van der Waals surface area contributed by atoms with E-state index < -0.39 is 5.97 Å². The van der Waals surface area contributed by atoms with Crippen molar-refractivity contribution in [3.8, 4) is 11.3 Å². The van der Waals surface area contributed by atoms with Crippen LogP contribution in [-0.4, -0.2) is 23.5 Å². The summed E-state index contributed by atoms with van der Waals surface area (Å²) in [5, 5.41) is 1.25. The van der Waals surface area contributed by atoms with Crippen LogP contribution < -0.4 is 0 Å². The van der Waals surface area contributed by atoms with Gasteiger partial charge in [-0.25, -0.2) is 14.6 Å². The van der Waals surface area contributed by atoms with Crippen LogP contribution in [0.15, 0.2) is 78.9 Å². The molecular weight excluding hydrogens is 426 g/mol. The maximum absolute atomic E-state index is 13.0. The number of benzene rings is 3. The Hall–Kier alpha value is -3.70. The molecule has 0 N–H and O–H groups in total. The number of carbonyl (C=O) groups excluding carboxylic acids is 2. The fourth-order valence-electron chi connectivity index (χ4n) is 3.33. The van der Waals surface area contributed by atoms with Gasteiger partial charge in [0.1, 0.15) is 6.61 Å². The topological polar surface area (TPSA) is 65.5 Å². The average molecular weight is 446 g/mol. The molecule has 6 heteroatoms. The SMILES string of the molecule is CCOC(=O)c1ccc(COC(=O)c2cc(-c3ccccc3Cl)nc3ccccc23)cc1. The number of ether oxygens (including phenoxy) is 2. The van der Waals surface area contributed by atoms with Crippen LogP contribution in [0.4, 0.5) is 0 Å². The number of aromatic nitrogens is 1. The predicted molar refractivity (Wildman–Crippen MR) is 124 cm³/mol. The predicted octanol–water partition coefficient (Wildman–Crippen LogP) is 6.09. The quantitative estimate of drug-likeness (QED) is 0.336. The Kier molecular flexibility index (Phi) is 6.47. The van der Waals surface area contributed by atoms with E-state index in [1.54, 1.807) is 43.3 Å². The lowest BCUT2D eigenvalue weighted by Gasteiger charge is -2.11. The molecule has 0 spiro atoms. The maximum atomic E-state index is 13.0. The number of fused-ring (bicyclic) bond motifs is 1. The third-order valence-corrected chi connectivity index (χ3v) is 5.25. The number of halogens is 1. The summed E-state index contributed by atoms with van der Waals surface area (Å²) in [4.78, 5) is 29.5. The standard InChI is InChI=1S/C26H20ClNO4/c1-2-31-25(29)18-13-11-17(12-14-18)16-32-26(30)21-15-24(20-8-3-5-9-22(20)27)28-23-10-6-4-7-19(21)23/h3-15H,2,16H2,1H3. The molecule has 4 rings (SSSR count). The molecule has 32 heavy (non-hydrogen) atoms. The van der Waals surface area contributed by atoms with Gasteiger partial charge in [-0.3, -0.25) is 0 Å². The lowest BCUT2D eigenvalue weighted by atomic mass is 10.0. The van der Waals surface area contributed by atoms with Gasteiger partial charge in [-0.15, -0.1) is 0 Å². The minimum atomic E-state index is -0.466. The van der Waals surface area contributed by atoms with Crippen molar-refractivity contribution in [1.82, 2.24) is 4.98 Å². The molecule has 4 aromatic rings. The molecule has 0 unspecified atom stereocenters. The number of nitrogens with zero attached hydrogens (tertiary/aromatic N) is 1. The zero-order valence-electron chi connectivity index (χ0n) is 17.4. The van der Waals surface area contributed by atoms with Crippen LogP contribution in [0.25, 0.3) is 22.2 Å². The summed E-state index contributed by atoms with van der Waals surface area (Å²) in [6, 6.07) is 23.2. The van der Waals surface area contributed by atoms with Crippen LogP contribution in [0.2, 0.25) is 5.02 Å². The van der Waals surface area contributed by atoms with E-state index in [1.807, 2.05) is 42.5 Å².